The molecule has 0 bridgehead atoms. The van der Waals surface area contributed by atoms with Gasteiger partial charge in [-0.15, -0.1) is 0 Å². The van der Waals surface area contributed by atoms with Crippen LogP contribution in [0.2, 0.25) is 0 Å². The summed E-state index contributed by atoms with van der Waals surface area (Å²) in [6.07, 6.45) is -3.41. The molecule has 3 rings (SSSR count). The number of nitrogens with zero attached hydrogens (tertiary/aromatic N) is 1. The molecule has 29 heavy (non-hydrogen) atoms. The van der Waals surface area contributed by atoms with E-state index in [-0.39, 0.29) is 12.6 Å². The van der Waals surface area contributed by atoms with Crippen LogP contribution in [0.3, 0.4) is 0 Å². The first-order valence-electron chi connectivity index (χ1n) is 9.50. The number of rotatable bonds is 9. The number of halogens is 3. The predicted octanol–water partition coefficient (Wildman–Crippen LogP) is 3.74. The van der Waals surface area contributed by atoms with Crippen LogP contribution in [0.4, 0.5) is 18.9 Å². The van der Waals surface area contributed by atoms with Gasteiger partial charge in [-0.05, 0) is 48.4 Å². The summed E-state index contributed by atoms with van der Waals surface area (Å²) < 4.78 is 49.1. The summed E-state index contributed by atoms with van der Waals surface area (Å²) in [6.45, 7) is 3.01. The molecule has 1 fully saturated rings. The molecule has 158 valence electrons. The van der Waals surface area contributed by atoms with E-state index in [1.807, 2.05) is 24.3 Å². The van der Waals surface area contributed by atoms with Gasteiger partial charge in [0, 0.05) is 24.8 Å². The highest BCUT2D eigenvalue weighted by molar-refractivity contribution is 5.46. The third-order valence-electron chi connectivity index (χ3n) is 4.73. The Hall–Kier alpha value is -2.29. The quantitative estimate of drug-likeness (QED) is 0.617. The molecule has 0 aromatic heterocycles. The molecule has 0 amide bonds. The number of benzene rings is 2. The van der Waals surface area contributed by atoms with Crippen molar-refractivity contribution < 1.29 is 27.8 Å². The van der Waals surface area contributed by atoms with Gasteiger partial charge in [0.15, 0.2) is 0 Å². The second-order valence-electron chi connectivity index (χ2n) is 6.97. The summed E-state index contributed by atoms with van der Waals surface area (Å²) in [5.41, 5.74) is 0.879. The third kappa shape index (κ3) is 6.62. The SMILES string of the molecule is OCc1ccc(OCCOCN2CCC(Nc3ccc(C(F)(F)F)cc3)C2)cc1. The first kappa shape index (κ1) is 21.4. The fraction of sp³-hybridized carbons (Fsp3) is 0.429. The van der Waals surface area contributed by atoms with Gasteiger partial charge in [0.1, 0.15) is 12.4 Å². The van der Waals surface area contributed by atoms with Crippen LogP contribution >= 0.6 is 0 Å². The standard InChI is InChI=1S/C21H25F3N2O3/c22-21(23,24)17-3-5-18(6-4-17)25-19-9-10-26(13-19)15-28-11-12-29-20-7-1-16(14-27)2-8-20/h1-8,19,25,27H,9-15H2. The highest BCUT2D eigenvalue weighted by Crippen LogP contribution is 2.30. The number of aliphatic hydroxyl groups excluding tert-OH is 1. The first-order valence-corrected chi connectivity index (χ1v) is 9.50. The fourth-order valence-electron chi connectivity index (χ4n) is 3.16. The van der Waals surface area contributed by atoms with E-state index in [4.69, 9.17) is 14.6 Å². The summed E-state index contributed by atoms with van der Waals surface area (Å²) in [5, 5.41) is 12.3. The Morgan fingerprint density at radius 1 is 1.03 bits per heavy atom. The Balaban J connectivity index is 1.31. The molecule has 1 heterocycles. The highest BCUT2D eigenvalue weighted by atomic mass is 19.4. The summed E-state index contributed by atoms with van der Waals surface area (Å²) in [7, 11) is 0. The van der Waals surface area contributed by atoms with Crippen molar-refractivity contribution in [3.05, 3.63) is 59.7 Å². The lowest BCUT2D eigenvalue weighted by molar-refractivity contribution is -0.137. The monoisotopic (exact) mass is 410 g/mol. The van der Waals surface area contributed by atoms with Gasteiger partial charge in [-0.1, -0.05) is 12.1 Å². The van der Waals surface area contributed by atoms with E-state index in [2.05, 4.69) is 10.2 Å². The molecule has 5 nitrogen and oxygen atoms in total. The van der Waals surface area contributed by atoms with E-state index in [1.54, 1.807) is 0 Å². The number of likely N-dealkylation sites (tertiary alicyclic amines) is 1. The van der Waals surface area contributed by atoms with Crippen molar-refractivity contribution in [2.24, 2.45) is 0 Å². The van der Waals surface area contributed by atoms with Gasteiger partial charge in [-0.3, -0.25) is 4.90 Å². The maximum Gasteiger partial charge on any atom is 0.416 e. The van der Waals surface area contributed by atoms with E-state index in [0.29, 0.717) is 25.6 Å². The van der Waals surface area contributed by atoms with Gasteiger partial charge < -0.3 is 19.9 Å². The minimum Gasteiger partial charge on any atom is -0.491 e. The average molecular weight is 410 g/mol. The van der Waals surface area contributed by atoms with Gasteiger partial charge in [0.25, 0.3) is 0 Å². The van der Waals surface area contributed by atoms with Crippen LogP contribution in [0.5, 0.6) is 5.75 Å². The molecule has 8 heteroatoms. The van der Waals surface area contributed by atoms with Crippen molar-refractivity contribution in [1.29, 1.82) is 0 Å². The molecule has 1 atom stereocenters. The summed E-state index contributed by atoms with van der Waals surface area (Å²) in [5.74, 6) is 0.729. The Morgan fingerprint density at radius 3 is 2.41 bits per heavy atom. The zero-order valence-electron chi connectivity index (χ0n) is 16.0. The number of aliphatic hydroxyl groups is 1. The van der Waals surface area contributed by atoms with E-state index in [9.17, 15) is 13.2 Å². The smallest absolute Gasteiger partial charge is 0.416 e. The van der Waals surface area contributed by atoms with Gasteiger partial charge in [0.05, 0.1) is 25.5 Å². The van der Waals surface area contributed by atoms with Crippen LogP contribution in [0.1, 0.15) is 17.5 Å². The van der Waals surface area contributed by atoms with E-state index < -0.39 is 11.7 Å². The van der Waals surface area contributed by atoms with E-state index >= 15 is 0 Å². The molecule has 1 aliphatic rings. The van der Waals surface area contributed by atoms with Crippen LogP contribution in [0, 0.1) is 0 Å². The van der Waals surface area contributed by atoms with Crippen molar-refractivity contribution in [2.45, 2.75) is 25.2 Å². The topological polar surface area (TPSA) is 54.0 Å². The Labute approximate surface area is 168 Å². The number of ether oxygens (including phenoxy) is 2. The number of alkyl halides is 3. The molecule has 0 saturated carbocycles. The summed E-state index contributed by atoms with van der Waals surface area (Å²) in [6, 6.07) is 12.5. The van der Waals surface area contributed by atoms with Crippen LogP contribution < -0.4 is 10.1 Å². The highest BCUT2D eigenvalue weighted by Gasteiger charge is 2.30. The number of anilines is 1. The molecular formula is C21H25F3N2O3. The number of hydrogen-bond donors (Lipinski definition) is 2. The molecule has 1 saturated heterocycles. The van der Waals surface area contributed by atoms with Gasteiger partial charge >= 0.3 is 6.18 Å². The number of hydrogen-bond acceptors (Lipinski definition) is 5. The Bertz CT molecular complexity index is 751. The zero-order chi connectivity index (χ0) is 20.7. The third-order valence-corrected chi connectivity index (χ3v) is 4.73. The maximum absolute atomic E-state index is 12.6. The average Bonchev–Trinajstić information content (AvgIpc) is 3.15. The lowest BCUT2D eigenvalue weighted by Crippen LogP contribution is -2.28. The fourth-order valence-corrected chi connectivity index (χ4v) is 3.16. The van der Waals surface area contributed by atoms with Crippen molar-refractivity contribution in [3.8, 4) is 5.75 Å². The molecule has 1 unspecified atom stereocenters. The minimum absolute atomic E-state index is 0.00788. The van der Waals surface area contributed by atoms with Crippen molar-refractivity contribution >= 4 is 5.69 Å². The molecule has 2 aromatic carbocycles. The maximum atomic E-state index is 12.6. The Kier molecular flexibility index (Phi) is 7.35. The van der Waals surface area contributed by atoms with Crippen molar-refractivity contribution in [3.63, 3.8) is 0 Å². The van der Waals surface area contributed by atoms with Crippen LogP contribution in [-0.4, -0.2) is 49.1 Å². The molecule has 1 aliphatic heterocycles. The van der Waals surface area contributed by atoms with Crippen LogP contribution in [-0.2, 0) is 17.5 Å². The van der Waals surface area contributed by atoms with Gasteiger partial charge in [-0.2, -0.15) is 13.2 Å². The van der Waals surface area contributed by atoms with Crippen molar-refractivity contribution in [1.82, 2.24) is 4.90 Å². The largest absolute Gasteiger partial charge is 0.491 e. The normalized spacial score (nSPS) is 17.4. The van der Waals surface area contributed by atoms with E-state index in [1.165, 1.54) is 12.1 Å². The van der Waals surface area contributed by atoms with Gasteiger partial charge in [0.2, 0.25) is 0 Å². The molecular weight excluding hydrogens is 385 g/mol. The molecule has 0 radical (unpaired) electrons. The number of nitrogens with one attached hydrogen (secondary N) is 1. The molecule has 0 spiro atoms. The lowest BCUT2D eigenvalue weighted by atomic mass is 10.2. The van der Waals surface area contributed by atoms with Gasteiger partial charge in [-0.25, -0.2) is 0 Å². The Morgan fingerprint density at radius 2 is 1.76 bits per heavy atom. The minimum atomic E-state index is -4.31. The molecule has 2 N–H and O–H groups in total. The summed E-state index contributed by atoms with van der Waals surface area (Å²) in [4.78, 5) is 2.15. The first-order chi connectivity index (χ1) is 13.9. The van der Waals surface area contributed by atoms with Crippen LogP contribution in [0.25, 0.3) is 0 Å². The zero-order valence-corrected chi connectivity index (χ0v) is 16.0. The molecule has 2 aromatic rings. The second kappa shape index (κ2) is 9.96. The molecule has 0 aliphatic carbocycles. The van der Waals surface area contributed by atoms with Crippen LogP contribution in [0.15, 0.2) is 48.5 Å². The summed E-state index contributed by atoms with van der Waals surface area (Å²) >= 11 is 0. The second-order valence-corrected chi connectivity index (χ2v) is 6.97. The lowest BCUT2D eigenvalue weighted by Gasteiger charge is -2.18. The predicted molar refractivity (Wildman–Crippen MR) is 104 cm³/mol. The van der Waals surface area contributed by atoms with Crippen molar-refractivity contribution in [2.75, 3.05) is 38.4 Å². The van der Waals surface area contributed by atoms with E-state index in [0.717, 1.165) is 43.0 Å².